The molecule has 39 heavy (non-hydrogen) atoms. The number of ether oxygens (including phenoxy) is 3. The predicted octanol–water partition coefficient (Wildman–Crippen LogP) is 6.09. The molecule has 0 radical (unpaired) electrons. The summed E-state index contributed by atoms with van der Waals surface area (Å²) < 4.78 is 22.9. The van der Waals surface area contributed by atoms with Crippen LogP contribution in [0.3, 0.4) is 0 Å². The summed E-state index contributed by atoms with van der Waals surface area (Å²) in [7, 11) is 0. The molecule has 0 saturated carbocycles. The number of hydrogen-bond acceptors (Lipinski definition) is 8. The average Bonchev–Trinajstić information content (AvgIpc) is 3.33. The molecule has 1 heterocycles. The number of hydrogen-bond donors (Lipinski definition) is 3. The van der Waals surface area contributed by atoms with Crippen molar-refractivity contribution in [3.8, 4) is 34.5 Å². The van der Waals surface area contributed by atoms with Crippen molar-refractivity contribution in [3.05, 3.63) is 59.7 Å². The molecule has 1 aromatic heterocycles. The van der Waals surface area contributed by atoms with Crippen LogP contribution < -0.4 is 24.8 Å². The molecule has 4 aromatic rings. The summed E-state index contributed by atoms with van der Waals surface area (Å²) in [6.45, 7) is 8.80. The topological polar surface area (TPSA) is 115 Å². The van der Waals surface area contributed by atoms with Gasteiger partial charge >= 0.3 is 0 Å². The van der Waals surface area contributed by atoms with Crippen molar-refractivity contribution in [3.63, 3.8) is 0 Å². The maximum Gasteiger partial charge on any atom is 0.257 e. The second-order valence-corrected chi connectivity index (χ2v) is 8.82. The van der Waals surface area contributed by atoms with E-state index in [-0.39, 0.29) is 16.4 Å². The van der Waals surface area contributed by atoms with E-state index in [1.807, 2.05) is 39.0 Å². The summed E-state index contributed by atoms with van der Waals surface area (Å²) in [6, 6.07) is 13.9. The number of aromatic nitrogens is 1. The van der Waals surface area contributed by atoms with Gasteiger partial charge in [0.25, 0.3) is 5.91 Å². The molecule has 9 nitrogen and oxygen atoms in total. The first-order valence-corrected chi connectivity index (χ1v) is 13.2. The van der Waals surface area contributed by atoms with Crippen LogP contribution in [0.25, 0.3) is 22.6 Å². The Morgan fingerprint density at radius 3 is 2.26 bits per heavy atom. The van der Waals surface area contributed by atoms with Gasteiger partial charge in [0.2, 0.25) is 11.6 Å². The number of fused-ring (bicyclic) bond motifs is 1. The number of aryl methyl sites for hydroxylation is 1. The quantitative estimate of drug-likeness (QED) is 0.202. The summed E-state index contributed by atoms with van der Waals surface area (Å²) in [5.74, 6) is 1.05. The van der Waals surface area contributed by atoms with Crippen molar-refractivity contribution in [2.24, 2.45) is 0 Å². The Hall–Kier alpha value is -4.31. The van der Waals surface area contributed by atoms with Crippen molar-refractivity contribution in [2.45, 2.75) is 34.1 Å². The number of carbonyl (C=O) groups is 1. The van der Waals surface area contributed by atoms with Gasteiger partial charge in [-0.3, -0.25) is 10.1 Å². The monoisotopic (exact) mass is 549 g/mol. The van der Waals surface area contributed by atoms with Gasteiger partial charge in [-0.1, -0.05) is 13.0 Å². The Labute approximate surface area is 232 Å². The fourth-order valence-electron chi connectivity index (χ4n) is 3.96. The lowest BCUT2D eigenvalue weighted by Gasteiger charge is -2.17. The van der Waals surface area contributed by atoms with Gasteiger partial charge < -0.3 is 29.1 Å². The number of rotatable bonds is 10. The van der Waals surface area contributed by atoms with Crippen LogP contribution in [0.5, 0.6) is 23.0 Å². The van der Waals surface area contributed by atoms with E-state index in [1.54, 1.807) is 24.3 Å². The van der Waals surface area contributed by atoms with Gasteiger partial charge in [-0.05, 0) is 81.4 Å². The van der Waals surface area contributed by atoms with E-state index in [1.165, 1.54) is 6.07 Å². The summed E-state index contributed by atoms with van der Waals surface area (Å²) in [6.07, 6.45) is 0.889. The third-order valence-electron chi connectivity index (χ3n) is 5.74. The summed E-state index contributed by atoms with van der Waals surface area (Å²) >= 11 is 5.34. The molecule has 0 spiro atoms. The molecule has 4 rings (SSSR count). The zero-order chi connectivity index (χ0) is 27.9. The van der Waals surface area contributed by atoms with Crippen LogP contribution in [-0.2, 0) is 6.42 Å². The predicted molar refractivity (Wildman–Crippen MR) is 154 cm³/mol. The standard InChI is InChI=1S/C29H31N3O6S/c1-5-17-9-12-23-21(13-17)31-28(38-23)20-11-10-19(16-22(20)33)30-29(39)32-27(34)18-14-24(35-6-2)26(37-8-4)25(15-18)36-7-3/h9-16,33H,5-8H2,1-4H3,(H2,30,32,34,39). The van der Waals surface area contributed by atoms with Crippen LogP contribution in [0.15, 0.2) is 52.9 Å². The summed E-state index contributed by atoms with van der Waals surface area (Å²) in [5.41, 5.74) is 3.71. The fourth-order valence-corrected chi connectivity index (χ4v) is 4.17. The summed E-state index contributed by atoms with van der Waals surface area (Å²) in [4.78, 5) is 17.5. The van der Waals surface area contributed by atoms with E-state index < -0.39 is 5.91 Å². The molecule has 0 aliphatic carbocycles. The van der Waals surface area contributed by atoms with Gasteiger partial charge in [0.1, 0.15) is 11.3 Å². The zero-order valence-electron chi connectivity index (χ0n) is 22.3. The van der Waals surface area contributed by atoms with Crippen molar-refractivity contribution >= 4 is 40.0 Å². The van der Waals surface area contributed by atoms with Gasteiger partial charge in [-0.2, -0.15) is 0 Å². The molecule has 0 fully saturated rings. The molecule has 3 aromatic carbocycles. The molecule has 0 bridgehead atoms. The number of phenolic OH excluding ortho intramolecular Hbond substituents is 1. The number of oxazole rings is 1. The lowest BCUT2D eigenvalue weighted by atomic mass is 10.1. The minimum absolute atomic E-state index is 0.0471. The summed E-state index contributed by atoms with van der Waals surface area (Å²) in [5, 5.41) is 16.3. The molecule has 0 aliphatic rings. The van der Waals surface area contributed by atoms with Crippen LogP contribution >= 0.6 is 12.2 Å². The molecule has 0 unspecified atom stereocenters. The number of phenols is 1. The number of nitrogens with one attached hydrogen (secondary N) is 2. The van der Waals surface area contributed by atoms with E-state index in [9.17, 15) is 9.90 Å². The molecule has 204 valence electrons. The minimum atomic E-state index is -0.462. The molecule has 0 aliphatic heterocycles. The second-order valence-electron chi connectivity index (χ2n) is 8.42. The lowest BCUT2D eigenvalue weighted by Crippen LogP contribution is -2.34. The Morgan fingerprint density at radius 2 is 1.64 bits per heavy atom. The smallest absolute Gasteiger partial charge is 0.257 e. The van der Waals surface area contributed by atoms with E-state index in [0.29, 0.717) is 59.8 Å². The van der Waals surface area contributed by atoms with Gasteiger partial charge in [0, 0.05) is 17.3 Å². The highest BCUT2D eigenvalue weighted by molar-refractivity contribution is 7.80. The number of nitrogens with zero attached hydrogens (tertiary/aromatic N) is 1. The van der Waals surface area contributed by atoms with Gasteiger partial charge in [-0.15, -0.1) is 0 Å². The highest BCUT2D eigenvalue weighted by Gasteiger charge is 2.19. The van der Waals surface area contributed by atoms with Gasteiger partial charge in [-0.25, -0.2) is 4.98 Å². The second kappa shape index (κ2) is 12.5. The van der Waals surface area contributed by atoms with E-state index in [0.717, 1.165) is 17.5 Å². The molecular formula is C29H31N3O6S. The third-order valence-corrected chi connectivity index (χ3v) is 5.95. The van der Waals surface area contributed by atoms with E-state index >= 15 is 0 Å². The Bertz CT molecular complexity index is 1470. The van der Waals surface area contributed by atoms with E-state index in [2.05, 4.69) is 22.5 Å². The van der Waals surface area contributed by atoms with Gasteiger partial charge in [0.15, 0.2) is 22.2 Å². The number of aromatic hydroxyl groups is 1. The molecule has 0 saturated heterocycles. The fraction of sp³-hybridized carbons (Fsp3) is 0.276. The van der Waals surface area contributed by atoms with Crippen molar-refractivity contribution in [2.75, 3.05) is 25.1 Å². The molecule has 3 N–H and O–H groups in total. The number of carbonyl (C=O) groups excluding carboxylic acids is 1. The first-order valence-electron chi connectivity index (χ1n) is 12.8. The maximum atomic E-state index is 13.0. The number of benzene rings is 3. The molecule has 1 amide bonds. The maximum absolute atomic E-state index is 13.0. The minimum Gasteiger partial charge on any atom is -0.507 e. The molecule has 10 heteroatoms. The van der Waals surface area contributed by atoms with Crippen molar-refractivity contribution in [1.82, 2.24) is 10.3 Å². The highest BCUT2D eigenvalue weighted by Crippen LogP contribution is 2.39. The normalized spacial score (nSPS) is 10.8. The highest BCUT2D eigenvalue weighted by atomic mass is 32.1. The van der Waals surface area contributed by atoms with Crippen LogP contribution in [0.2, 0.25) is 0 Å². The van der Waals surface area contributed by atoms with E-state index in [4.69, 9.17) is 30.8 Å². The van der Waals surface area contributed by atoms with Crippen LogP contribution in [0.4, 0.5) is 5.69 Å². The zero-order valence-corrected chi connectivity index (χ0v) is 23.1. The van der Waals surface area contributed by atoms with Gasteiger partial charge in [0.05, 0.1) is 25.4 Å². The lowest BCUT2D eigenvalue weighted by molar-refractivity contribution is 0.0976. The number of thiocarbonyl (C=S) groups is 1. The Kier molecular flexibility index (Phi) is 8.88. The number of anilines is 1. The first kappa shape index (κ1) is 27.7. The SMILES string of the molecule is CCOc1cc(C(=O)NC(=S)Nc2ccc(-c3nc4cc(CC)ccc4o3)c(O)c2)cc(OCC)c1OCC. The Balaban J connectivity index is 1.49. The van der Waals surface area contributed by atoms with Crippen LogP contribution in [0.1, 0.15) is 43.6 Å². The third kappa shape index (κ3) is 6.40. The van der Waals surface area contributed by atoms with Crippen LogP contribution in [0, 0.1) is 0 Å². The first-order chi connectivity index (χ1) is 18.9. The average molecular weight is 550 g/mol. The van der Waals surface area contributed by atoms with Crippen LogP contribution in [-0.4, -0.2) is 40.9 Å². The Morgan fingerprint density at radius 1 is 0.949 bits per heavy atom. The largest absolute Gasteiger partial charge is 0.507 e. The van der Waals surface area contributed by atoms with Crippen molar-refractivity contribution < 1.29 is 28.5 Å². The molecule has 0 atom stereocenters. The van der Waals surface area contributed by atoms with Crippen molar-refractivity contribution in [1.29, 1.82) is 0 Å². The number of amides is 1. The molecular weight excluding hydrogens is 518 g/mol.